The molecule has 0 saturated carbocycles. The van der Waals surface area contributed by atoms with Gasteiger partial charge in [-0.2, -0.15) is 0 Å². The van der Waals surface area contributed by atoms with Crippen molar-refractivity contribution in [3.05, 3.63) is 34.3 Å². The Morgan fingerprint density at radius 1 is 1.33 bits per heavy atom. The predicted octanol–water partition coefficient (Wildman–Crippen LogP) is 3.98. The van der Waals surface area contributed by atoms with Gasteiger partial charge in [0.25, 0.3) is 0 Å². The van der Waals surface area contributed by atoms with Crippen molar-refractivity contribution in [1.29, 1.82) is 0 Å². The van der Waals surface area contributed by atoms with Gasteiger partial charge in [0.1, 0.15) is 5.78 Å². The monoisotopic (exact) mass is 332 g/mol. The van der Waals surface area contributed by atoms with E-state index >= 15 is 0 Å². The highest BCUT2D eigenvalue weighted by Crippen LogP contribution is 2.21. The number of carbonyl (C=O) groups is 1. The summed E-state index contributed by atoms with van der Waals surface area (Å²) in [6, 6.07) is 7.99. The van der Waals surface area contributed by atoms with Crippen LogP contribution in [0.25, 0.3) is 0 Å². The molecule has 1 atom stereocenters. The average molecular weight is 334 g/mol. The van der Waals surface area contributed by atoms with Gasteiger partial charge in [0, 0.05) is 10.4 Å². The molecule has 0 aliphatic carbocycles. The summed E-state index contributed by atoms with van der Waals surface area (Å²) in [6.07, 6.45) is 0.735. The van der Waals surface area contributed by atoms with E-state index in [4.69, 9.17) is 0 Å². The first-order chi connectivity index (χ1) is 7.02. The van der Waals surface area contributed by atoms with Crippen LogP contribution in [0.15, 0.2) is 28.7 Å². The third kappa shape index (κ3) is 3.72. The molecule has 1 rings (SSSR count). The fourth-order valence-electron chi connectivity index (χ4n) is 1.32. The Hall–Kier alpha value is -0.150. The first-order valence-corrected chi connectivity index (χ1v) is 6.64. The van der Waals surface area contributed by atoms with Crippen molar-refractivity contribution in [2.75, 3.05) is 0 Å². The molecule has 0 fully saturated rings. The third-order valence-electron chi connectivity index (χ3n) is 2.23. The summed E-state index contributed by atoms with van der Waals surface area (Å²) in [5, 5.41) is 0. The van der Waals surface area contributed by atoms with Crippen LogP contribution >= 0.6 is 31.9 Å². The van der Waals surface area contributed by atoms with E-state index in [1.807, 2.05) is 38.1 Å². The van der Waals surface area contributed by atoms with Crippen LogP contribution in [0.2, 0.25) is 0 Å². The van der Waals surface area contributed by atoms with Gasteiger partial charge in [0.2, 0.25) is 0 Å². The van der Waals surface area contributed by atoms with E-state index in [-0.39, 0.29) is 16.5 Å². The van der Waals surface area contributed by atoms with Gasteiger partial charge in [0.05, 0.1) is 4.83 Å². The quantitative estimate of drug-likeness (QED) is 0.762. The topological polar surface area (TPSA) is 17.1 Å². The number of alkyl halides is 1. The molecule has 0 aliphatic heterocycles. The molecule has 0 saturated heterocycles. The molecule has 3 heteroatoms. The minimum absolute atomic E-state index is 0.0804. The molecule has 15 heavy (non-hydrogen) atoms. The van der Waals surface area contributed by atoms with Gasteiger partial charge in [-0.15, -0.1) is 0 Å². The summed E-state index contributed by atoms with van der Waals surface area (Å²) in [4.78, 5) is 11.6. The molecular weight excluding hydrogens is 320 g/mol. The van der Waals surface area contributed by atoms with Crippen LogP contribution in [0.1, 0.15) is 19.4 Å². The van der Waals surface area contributed by atoms with Crippen molar-refractivity contribution >= 4 is 37.6 Å². The van der Waals surface area contributed by atoms with Crippen LogP contribution in [-0.4, -0.2) is 10.6 Å². The van der Waals surface area contributed by atoms with Gasteiger partial charge in [-0.05, 0) is 18.1 Å². The summed E-state index contributed by atoms with van der Waals surface area (Å²) in [5.74, 6) is 0.336. The largest absolute Gasteiger partial charge is 0.298 e. The number of carbonyl (C=O) groups excluding carboxylic acids is 1. The number of halogens is 2. The lowest BCUT2D eigenvalue weighted by atomic mass is 10.0. The maximum atomic E-state index is 11.7. The Kier molecular flexibility index (Phi) is 5.00. The Morgan fingerprint density at radius 2 is 1.93 bits per heavy atom. The zero-order valence-electron chi connectivity index (χ0n) is 8.84. The minimum Gasteiger partial charge on any atom is -0.298 e. The summed E-state index contributed by atoms with van der Waals surface area (Å²) in [7, 11) is 0. The fraction of sp³-hybridized carbons (Fsp3) is 0.417. The van der Waals surface area contributed by atoms with Gasteiger partial charge < -0.3 is 0 Å². The van der Waals surface area contributed by atoms with Crippen molar-refractivity contribution in [2.24, 2.45) is 5.92 Å². The van der Waals surface area contributed by atoms with Gasteiger partial charge in [-0.25, -0.2) is 0 Å². The van der Waals surface area contributed by atoms with Crippen molar-refractivity contribution in [2.45, 2.75) is 25.1 Å². The first kappa shape index (κ1) is 12.9. The molecular formula is C12H14Br2O. The zero-order chi connectivity index (χ0) is 11.4. The molecule has 0 amide bonds. The molecule has 0 heterocycles. The number of hydrogen-bond acceptors (Lipinski definition) is 1. The molecule has 0 N–H and O–H groups in total. The van der Waals surface area contributed by atoms with E-state index < -0.39 is 0 Å². The number of rotatable bonds is 4. The molecule has 0 aromatic heterocycles. The summed E-state index contributed by atoms with van der Waals surface area (Å²) in [5.41, 5.74) is 1.16. The van der Waals surface area contributed by atoms with E-state index in [1.54, 1.807) is 0 Å². The molecule has 0 bridgehead atoms. The SMILES string of the molecule is CC(C)C(=O)C(Br)Cc1ccccc1Br. The third-order valence-corrected chi connectivity index (χ3v) is 3.78. The average Bonchev–Trinajstić information content (AvgIpc) is 2.20. The second-order valence-electron chi connectivity index (χ2n) is 3.82. The van der Waals surface area contributed by atoms with Crippen molar-refractivity contribution in [3.63, 3.8) is 0 Å². The molecule has 0 spiro atoms. The molecule has 82 valence electrons. The van der Waals surface area contributed by atoms with Crippen LogP contribution in [0.3, 0.4) is 0 Å². The van der Waals surface area contributed by atoms with E-state index in [2.05, 4.69) is 31.9 Å². The standard InChI is InChI=1S/C12H14Br2O/c1-8(2)12(15)11(14)7-9-5-3-4-6-10(9)13/h3-6,8,11H,7H2,1-2H3. The van der Waals surface area contributed by atoms with Crippen LogP contribution in [0.4, 0.5) is 0 Å². The van der Waals surface area contributed by atoms with E-state index in [1.165, 1.54) is 0 Å². The summed E-state index contributed by atoms with van der Waals surface area (Å²) in [6.45, 7) is 3.85. The van der Waals surface area contributed by atoms with Crippen molar-refractivity contribution in [3.8, 4) is 0 Å². The van der Waals surface area contributed by atoms with E-state index in [0.717, 1.165) is 16.5 Å². The second kappa shape index (κ2) is 5.80. The summed E-state index contributed by atoms with van der Waals surface area (Å²) < 4.78 is 1.06. The van der Waals surface area contributed by atoms with Crippen LogP contribution in [0, 0.1) is 5.92 Å². The molecule has 1 aromatic rings. The second-order valence-corrected chi connectivity index (χ2v) is 5.78. The predicted molar refractivity (Wildman–Crippen MR) is 70.4 cm³/mol. The lowest BCUT2D eigenvalue weighted by Crippen LogP contribution is -2.21. The number of benzene rings is 1. The van der Waals surface area contributed by atoms with Crippen LogP contribution in [-0.2, 0) is 11.2 Å². The smallest absolute Gasteiger partial charge is 0.149 e. The molecule has 0 radical (unpaired) electrons. The maximum absolute atomic E-state index is 11.7. The highest BCUT2D eigenvalue weighted by Gasteiger charge is 2.19. The minimum atomic E-state index is -0.0869. The number of hydrogen-bond donors (Lipinski definition) is 0. The first-order valence-electron chi connectivity index (χ1n) is 4.93. The highest BCUT2D eigenvalue weighted by molar-refractivity contribution is 9.10. The normalized spacial score (nSPS) is 12.9. The summed E-state index contributed by atoms with van der Waals surface area (Å²) >= 11 is 6.92. The van der Waals surface area contributed by atoms with Gasteiger partial charge in [0.15, 0.2) is 0 Å². The Balaban J connectivity index is 2.71. The van der Waals surface area contributed by atoms with Crippen molar-refractivity contribution < 1.29 is 4.79 Å². The number of ketones is 1. The maximum Gasteiger partial charge on any atom is 0.149 e. The Labute approximate surface area is 108 Å². The van der Waals surface area contributed by atoms with Crippen molar-refractivity contribution in [1.82, 2.24) is 0 Å². The zero-order valence-corrected chi connectivity index (χ0v) is 12.0. The highest BCUT2D eigenvalue weighted by atomic mass is 79.9. The Bertz CT molecular complexity index is 347. The molecule has 0 aliphatic rings. The lowest BCUT2D eigenvalue weighted by molar-refractivity contribution is -0.121. The van der Waals surface area contributed by atoms with E-state index in [9.17, 15) is 4.79 Å². The molecule has 1 unspecified atom stereocenters. The molecule has 1 aromatic carbocycles. The van der Waals surface area contributed by atoms with E-state index in [0.29, 0.717) is 0 Å². The fourth-order valence-corrected chi connectivity index (χ4v) is 2.64. The Morgan fingerprint density at radius 3 is 2.47 bits per heavy atom. The van der Waals surface area contributed by atoms with Gasteiger partial charge in [-0.1, -0.05) is 63.9 Å². The van der Waals surface area contributed by atoms with Gasteiger partial charge in [-0.3, -0.25) is 4.79 Å². The van der Waals surface area contributed by atoms with Gasteiger partial charge >= 0.3 is 0 Å². The van der Waals surface area contributed by atoms with Crippen LogP contribution < -0.4 is 0 Å². The molecule has 1 nitrogen and oxygen atoms in total. The lowest BCUT2D eigenvalue weighted by Gasteiger charge is -2.12. The van der Waals surface area contributed by atoms with Crippen LogP contribution in [0.5, 0.6) is 0 Å². The number of Topliss-reactive ketones (excluding diaryl/α,β-unsaturated/α-hetero) is 1.